The van der Waals surface area contributed by atoms with E-state index in [2.05, 4.69) is 15.1 Å². The molecule has 0 aliphatic carbocycles. The number of aromatic nitrogens is 4. The van der Waals surface area contributed by atoms with Gasteiger partial charge in [-0.15, -0.1) is 0 Å². The smallest absolute Gasteiger partial charge is 0.339 e. The molecule has 0 fully saturated rings. The van der Waals surface area contributed by atoms with Crippen molar-refractivity contribution < 1.29 is 0 Å². The van der Waals surface area contributed by atoms with E-state index in [0.717, 1.165) is 15.8 Å². The number of benzene rings is 1. The summed E-state index contributed by atoms with van der Waals surface area (Å²) in [7, 11) is 1.61. The lowest BCUT2D eigenvalue weighted by molar-refractivity contribution is 0.596. The molecule has 3 rings (SSSR count). The summed E-state index contributed by atoms with van der Waals surface area (Å²) in [6.07, 6.45) is 1.70. The van der Waals surface area contributed by atoms with Crippen molar-refractivity contribution in [3.63, 3.8) is 0 Å². The van der Waals surface area contributed by atoms with Gasteiger partial charge in [-0.3, -0.25) is 24.4 Å². The van der Waals surface area contributed by atoms with Crippen LogP contribution in [-0.2, 0) is 7.05 Å². The number of pyridine rings is 1. The zero-order valence-corrected chi connectivity index (χ0v) is 11.8. The first-order valence-electron chi connectivity index (χ1n) is 6.04. The van der Waals surface area contributed by atoms with Gasteiger partial charge in [0, 0.05) is 23.5 Å². The molecule has 0 spiro atoms. The number of fused-ring (bicyclic) bond motifs is 1. The fourth-order valence-corrected chi connectivity index (χ4v) is 2.76. The molecule has 7 nitrogen and oxygen atoms in total. The monoisotopic (exact) mass is 301 g/mol. The number of nitrogens with zero attached hydrogens (tertiary/aromatic N) is 3. The first-order valence-corrected chi connectivity index (χ1v) is 6.86. The van der Waals surface area contributed by atoms with Crippen molar-refractivity contribution in [2.45, 2.75) is 10.1 Å². The van der Waals surface area contributed by atoms with Crippen LogP contribution in [0.4, 0.5) is 5.69 Å². The molecule has 2 heterocycles. The summed E-state index contributed by atoms with van der Waals surface area (Å²) in [5.74, 6) is 0. The summed E-state index contributed by atoms with van der Waals surface area (Å²) >= 11 is 1.21. The molecule has 0 unspecified atom stereocenters. The van der Waals surface area contributed by atoms with E-state index < -0.39 is 11.1 Å². The van der Waals surface area contributed by atoms with Crippen molar-refractivity contribution in [2.24, 2.45) is 7.05 Å². The Bertz CT molecular complexity index is 947. The number of hydrogen-bond acceptors (Lipinski definition) is 6. The predicted molar refractivity (Wildman–Crippen MR) is 80.4 cm³/mol. The second-order valence-electron chi connectivity index (χ2n) is 4.35. The van der Waals surface area contributed by atoms with Crippen molar-refractivity contribution >= 4 is 28.4 Å². The third-order valence-electron chi connectivity index (χ3n) is 2.94. The second-order valence-corrected chi connectivity index (χ2v) is 5.36. The summed E-state index contributed by atoms with van der Waals surface area (Å²) in [4.78, 5) is 31.3. The summed E-state index contributed by atoms with van der Waals surface area (Å²) in [6.45, 7) is 0. The Kier molecular flexibility index (Phi) is 3.22. The Morgan fingerprint density at radius 1 is 1.29 bits per heavy atom. The van der Waals surface area contributed by atoms with Crippen LogP contribution in [0.5, 0.6) is 0 Å². The summed E-state index contributed by atoms with van der Waals surface area (Å²) in [6, 6.07) is 7.34. The van der Waals surface area contributed by atoms with Gasteiger partial charge >= 0.3 is 11.1 Å². The summed E-state index contributed by atoms with van der Waals surface area (Å²) < 4.78 is 1.39. The minimum atomic E-state index is -0.823. The van der Waals surface area contributed by atoms with Gasteiger partial charge in [-0.25, -0.2) is 0 Å². The van der Waals surface area contributed by atoms with Crippen molar-refractivity contribution in [1.82, 2.24) is 19.7 Å². The number of hydrogen-bond donors (Lipinski definition) is 2. The molecular formula is C13H11N5O2S. The molecule has 2 aromatic heterocycles. The highest BCUT2D eigenvalue weighted by Gasteiger charge is 2.10. The van der Waals surface area contributed by atoms with Gasteiger partial charge in [-0.1, -0.05) is 0 Å². The van der Waals surface area contributed by atoms with Gasteiger partial charge in [0.25, 0.3) is 0 Å². The number of aryl methyl sites for hydroxylation is 1. The molecule has 0 saturated heterocycles. The van der Waals surface area contributed by atoms with E-state index in [1.165, 1.54) is 16.4 Å². The van der Waals surface area contributed by atoms with E-state index in [1.54, 1.807) is 19.3 Å². The zero-order chi connectivity index (χ0) is 15.0. The van der Waals surface area contributed by atoms with E-state index >= 15 is 0 Å². The average molecular weight is 301 g/mol. The topological polar surface area (TPSA) is 107 Å². The number of aromatic amines is 1. The van der Waals surface area contributed by atoms with Crippen molar-refractivity contribution in [3.8, 4) is 0 Å². The van der Waals surface area contributed by atoms with Gasteiger partial charge < -0.3 is 5.73 Å². The van der Waals surface area contributed by atoms with Crippen LogP contribution in [-0.4, -0.2) is 19.7 Å². The summed E-state index contributed by atoms with van der Waals surface area (Å²) in [5, 5.41) is 3.58. The first kappa shape index (κ1) is 13.4. The van der Waals surface area contributed by atoms with Gasteiger partial charge in [0.1, 0.15) is 0 Å². The number of nitrogens with two attached hydrogens (primary N) is 1. The minimum absolute atomic E-state index is 0.356. The molecule has 0 bridgehead atoms. The Labute approximate surface area is 122 Å². The number of rotatable bonds is 2. The molecule has 0 saturated carbocycles. The third kappa shape index (κ3) is 2.40. The van der Waals surface area contributed by atoms with Crippen LogP contribution in [0.1, 0.15) is 0 Å². The summed E-state index contributed by atoms with van der Waals surface area (Å²) in [5.41, 5.74) is 5.92. The van der Waals surface area contributed by atoms with E-state index in [4.69, 9.17) is 5.73 Å². The molecular weight excluding hydrogens is 290 g/mol. The Morgan fingerprint density at radius 3 is 2.90 bits per heavy atom. The highest BCUT2D eigenvalue weighted by Crippen LogP contribution is 2.33. The lowest BCUT2D eigenvalue weighted by Crippen LogP contribution is -2.33. The van der Waals surface area contributed by atoms with E-state index in [0.29, 0.717) is 10.8 Å². The van der Waals surface area contributed by atoms with E-state index in [9.17, 15) is 9.59 Å². The van der Waals surface area contributed by atoms with Crippen molar-refractivity contribution in [3.05, 3.63) is 51.2 Å². The molecule has 3 aromatic rings. The quantitative estimate of drug-likeness (QED) is 0.534. The fourth-order valence-electron chi connectivity index (χ4n) is 1.89. The van der Waals surface area contributed by atoms with Crippen LogP contribution in [0.15, 0.2) is 50.1 Å². The van der Waals surface area contributed by atoms with Crippen LogP contribution in [0.3, 0.4) is 0 Å². The normalized spacial score (nSPS) is 10.9. The van der Waals surface area contributed by atoms with Crippen molar-refractivity contribution in [2.75, 3.05) is 5.73 Å². The molecule has 3 N–H and O–H groups in total. The van der Waals surface area contributed by atoms with Crippen LogP contribution in [0.2, 0.25) is 0 Å². The first-order chi connectivity index (χ1) is 10.1. The predicted octanol–water partition coefficient (Wildman–Crippen LogP) is 0.750. The van der Waals surface area contributed by atoms with E-state index in [1.807, 2.05) is 18.2 Å². The van der Waals surface area contributed by atoms with Crippen LogP contribution < -0.4 is 16.9 Å². The van der Waals surface area contributed by atoms with Gasteiger partial charge in [-0.05, 0) is 36.0 Å². The van der Waals surface area contributed by atoms with Gasteiger partial charge in [0.05, 0.1) is 11.2 Å². The van der Waals surface area contributed by atoms with Crippen LogP contribution >= 0.6 is 11.8 Å². The maximum absolute atomic E-state index is 11.4. The fraction of sp³-hybridized carbons (Fsp3) is 0.0769. The maximum Gasteiger partial charge on any atom is 0.339 e. The molecule has 0 atom stereocenters. The molecule has 0 amide bonds. The van der Waals surface area contributed by atoms with Gasteiger partial charge in [-0.2, -0.15) is 4.98 Å². The number of H-pyrrole nitrogens is 1. The SMILES string of the molecule is Cn1[nH]c(=O)c(=O)nc1Sc1ccc2ncccc2c1N. The zero-order valence-electron chi connectivity index (χ0n) is 11.0. The Hall–Kier alpha value is -2.61. The van der Waals surface area contributed by atoms with E-state index in [-0.39, 0.29) is 0 Å². The van der Waals surface area contributed by atoms with Crippen LogP contribution in [0, 0.1) is 0 Å². The minimum Gasteiger partial charge on any atom is -0.397 e. The molecule has 106 valence electrons. The molecule has 8 heteroatoms. The lowest BCUT2D eigenvalue weighted by Gasteiger charge is -2.09. The maximum atomic E-state index is 11.4. The second kappa shape index (κ2) is 5.06. The molecule has 0 aliphatic heterocycles. The number of anilines is 1. The number of nitrogen functional groups attached to an aromatic ring is 1. The largest absolute Gasteiger partial charge is 0.397 e. The average Bonchev–Trinajstić information content (AvgIpc) is 2.48. The Morgan fingerprint density at radius 2 is 2.10 bits per heavy atom. The highest BCUT2D eigenvalue weighted by molar-refractivity contribution is 7.99. The lowest BCUT2D eigenvalue weighted by atomic mass is 10.2. The molecule has 1 aromatic carbocycles. The number of nitrogens with one attached hydrogen (secondary N) is 1. The van der Waals surface area contributed by atoms with Gasteiger partial charge in [0.2, 0.25) is 0 Å². The third-order valence-corrected chi connectivity index (χ3v) is 4.06. The van der Waals surface area contributed by atoms with Crippen LogP contribution in [0.25, 0.3) is 10.9 Å². The molecule has 21 heavy (non-hydrogen) atoms. The molecule has 0 radical (unpaired) electrons. The Balaban J connectivity index is 2.10. The van der Waals surface area contributed by atoms with Crippen molar-refractivity contribution in [1.29, 1.82) is 0 Å². The standard InChI is InChI=1S/C13H11N5O2S/c1-18-13(16-11(19)12(20)17-18)21-9-5-4-8-7(10(9)14)3-2-6-15-8/h2-6H,14H2,1H3,(H,17,20). The highest BCUT2D eigenvalue weighted by atomic mass is 32.2. The van der Waals surface area contributed by atoms with Gasteiger partial charge in [0.15, 0.2) is 5.16 Å². The molecule has 0 aliphatic rings.